The Hall–Kier alpha value is -2.94. The predicted molar refractivity (Wildman–Crippen MR) is 104 cm³/mol. The monoisotopic (exact) mass is 378 g/mol. The molecule has 1 aliphatic rings. The molecule has 0 spiro atoms. The lowest BCUT2D eigenvalue weighted by Gasteiger charge is -2.07. The molecular formula is C18H18N8S. The second-order valence-corrected chi connectivity index (χ2v) is 7.24. The van der Waals surface area contributed by atoms with E-state index in [2.05, 4.69) is 35.6 Å². The van der Waals surface area contributed by atoms with E-state index in [1.807, 2.05) is 42.8 Å². The molecule has 1 aromatic carbocycles. The highest BCUT2D eigenvalue weighted by Gasteiger charge is 2.28. The molecule has 0 unspecified atom stereocenters. The standard InChI is InChI=1S/C18H18N8S/c1-27-18-22-16-13(11-7-8-11)9-20-26(16)17(23-18)19-10-14-21-15(25-24-14)12-5-3-2-4-6-12/h2-6,9,11H,7-8,10H2,1H3,(H,19,22,23)(H,21,24,25). The van der Waals surface area contributed by atoms with Gasteiger partial charge in [0.1, 0.15) is 5.82 Å². The summed E-state index contributed by atoms with van der Waals surface area (Å²) in [5.74, 6) is 2.66. The van der Waals surface area contributed by atoms with Gasteiger partial charge in [0.25, 0.3) is 0 Å². The molecule has 0 bridgehead atoms. The van der Waals surface area contributed by atoms with E-state index >= 15 is 0 Å². The molecule has 0 saturated heterocycles. The Balaban J connectivity index is 1.41. The van der Waals surface area contributed by atoms with Gasteiger partial charge in [-0.2, -0.15) is 19.7 Å². The first kappa shape index (κ1) is 16.2. The zero-order valence-corrected chi connectivity index (χ0v) is 15.6. The minimum atomic E-state index is 0.471. The van der Waals surface area contributed by atoms with Gasteiger partial charge in [-0.1, -0.05) is 42.1 Å². The number of hydrogen-bond acceptors (Lipinski definition) is 7. The molecule has 9 heteroatoms. The number of aromatic nitrogens is 7. The van der Waals surface area contributed by atoms with E-state index in [1.54, 1.807) is 4.52 Å². The minimum Gasteiger partial charge on any atom is -0.347 e. The van der Waals surface area contributed by atoms with Crippen LogP contribution in [0.25, 0.3) is 17.0 Å². The summed E-state index contributed by atoms with van der Waals surface area (Å²) >= 11 is 1.53. The van der Waals surface area contributed by atoms with Gasteiger partial charge >= 0.3 is 0 Å². The molecule has 136 valence electrons. The fourth-order valence-corrected chi connectivity index (χ4v) is 3.37. The van der Waals surface area contributed by atoms with Gasteiger partial charge in [-0.25, -0.2) is 9.97 Å². The van der Waals surface area contributed by atoms with Crippen LogP contribution in [-0.4, -0.2) is 41.0 Å². The van der Waals surface area contributed by atoms with Crippen molar-refractivity contribution in [2.24, 2.45) is 0 Å². The van der Waals surface area contributed by atoms with Crippen LogP contribution in [0.15, 0.2) is 41.7 Å². The first-order valence-electron chi connectivity index (χ1n) is 8.82. The van der Waals surface area contributed by atoms with E-state index in [4.69, 9.17) is 0 Å². The number of rotatable bonds is 6. The Morgan fingerprint density at radius 3 is 2.81 bits per heavy atom. The maximum atomic E-state index is 4.65. The summed E-state index contributed by atoms with van der Waals surface area (Å²) in [4.78, 5) is 13.8. The molecule has 1 saturated carbocycles. The second-order valence-electron chi connectivity index (χ2n) is 6.47. The average Bonchev–Trinajstić information content (AvgIpc) is 3.28. The van der Waals surface area contributed by atoms with Crippen molar-refractivity contribution in [3.63, 3.8) is 0 Å². The quantitative estimate of drug-likeness (QED) is 0.498. The molecule has 0 atom stereocenters. The molecule has 0 amide bonds. The van der Waals surface area contributed by atoms with E-state index in [-0.39, 0.29) is 0 Å². The number of nitrogens with zero attached hydrogens (tertiary/aromatic N) is 6. The summed E-state index contributed by atoms with van der Waals surface area (Å²) in [6.07, 6.45) is 6.32. The highest BCUT2D eigenvalue weighted by atomic mass is 32.2. The topological polar surface area (TPSA) is 96.7 Å². The Morgan fingerprint density at radius 2 is 2.04 bits per heavy atom. The molecule has 5 rings (SSSR count). The summed E-state index contributed by atoms with van der Waals surface area (Å²) in [6.45, 7) is 0.471. The number of H-pyrrole nitrogens is 1. The van der Waals surface area contributed by atoms with Crippen LogP contribution in [0.4, 0.5) is 5.95 Å². The zero-order valence-electron chi connectivity index (χ0n) is 14.8. The number of nitrogens with one attached hydrogen (secondary N) is 2. The van der Waals surface area contributed by atoms with Crippen LogP contribution >= 0.6 is 11.8 Å². The average molecular weight is 378 g/mol. The van der Waals surface area contributed by atoms with Crippen molar-refractivity contribution in [1.82, 2.24) is 34.8 Å². The van der Waals surface area contributed by atoms with E-state index in [0.717, 1.165) is 22.2 Å². The van der Waals surface area contributed by atoms with Crippen molar-refractivity contribution in [3.05, 3.63) is 47.9 Å². The van der Waals surface area contributed by atoms with Gasteiger partial charge in [0.2, 0.25) is 5.95 Å². The number of benzene rings is 1. The van der Waals surface area contributed by atoms with Crippen LogP contribution in [0, 0.1) is 0 Å². The van der Waals surface area contributed by atoms with Crippen molar-refractivity contribution >= 4 is 23.4 Å². The predicted octanol–water partition coefficient (Wildman–Crippen LogP) is 3.12. The fraction of sp³-hybridized carbons (Fsp3) is 0.278. The van der Waals surface area contributed by atoms with Crippen LogP contribution in [0.5, 0.6) is 0 Å². The molecule has 1 aliphatic carbocycles. The lowest BCUT2D eigenvalue weighted by molar-refractivity contribution is 0.820. The van der Waals surface area contributed by atoms with Crippen LogP contribution in [-0.2, 0) is 6.54 Å². The first-order valence-corrected chi connectivity index (χ1v) is 10.0. The summed E-state index contributed by atoms with van der Waals surface area (Å²) in [5.41, 5.74) is 3.08. The maximum absolute atomic E-state index is 4.65. The fourth-order valence-electron chi connectivity index (χ4n) is 3.02. The third kappa shape index (κ3) is 3.14. The molecule has 0 radical (unpaired) electrons. The Bertz CT molecular complexity index is 1080. The molecule has 0 aliphatic heterocycles. The van der Waals surface area contributed by atoms with Crippen LogP contribution in [0.3, 0.4) is 0 Å². The van der Waals surface area contributed by atoms with Gasteiger partial charge in [-0.3, -0.25) is 5.10 Å². The lowest BCUT2D eigenvalue weighted by Crippen LogP contribution is -2.10. The Kier molecular flexibility index (Phi) is 4.01. The van der Waals surface area contributed by atoms with Gasteiger partial charge in [-0.15, -0.1) is 0 Å². The molecule has 2 N–H and O–H groups in total. The van der Waals surface area contributed by atoms with Gasteiger partial charge in [0.05, 0.1) is 12.7 Å². The minimum absolute atomic E-state index is 0.471. The largest absolute Gasteiger partial charge is 0.347 e. The third-order valence-electron chi connectivity index (χ3n) is 4.55. The van der Waals surface area contributed by atoms with Crippen molar-refractivity contribution < 1.29 is 0 Å². The number of hydrogen-bond donors (Lipinski definition) is 2. The van der Waals surface area contributed by atoms with Crippen molar-refractivity contribution in [2.45, 2.75) is 30.5 Å². The van der Waals surface area contributed by atoms with Gasteiger partial charge in [-0.05, 0) is 25.0 Å². The maximum Gasteiger partial charge on any atom is 0.228 e. The number of thioether (sulfide) groups is 1. The molecular weight excluding hydrogens is 360 g/mol. The smallest absolute Gasteiger partial charge is 0.228 e. The molecule has 8 nitrogen and oxygen atoms in total. The van der Waals surface area contributed by atoms with E-state index < -0.39 is 0 Å². The van der Waals surface area contributed by atoms with Gasteiger partial charge in [0, 0.05) is 11.1 Å². The number of aromatic amines is 1. The molecule has 1 fully saturated rings. The highest BCUT2D eigenvalue weighted by molar-refractivity contribution is 7.98. The van der Waals surface area contributed by atoms with E-state index in [0.29, 0.717) is 24.2 Å². The lowest BCUT2D eigenvalue weighted by atomic mass is 10.2. The second kappa shape index (κ2) is 6.66. The first-order chi connectivity index (χ1) is 13.3. The van der Waals surface area contributed by atoms with E-state index in [1.165, 1.54) is 30.2 Å². The van der Waals surface area contributed by atoms with Gasteiger partial charge < -0.3 is 5.32 Å². The summed E-state index contributed by atoms with van der Waals surface area (Å²) in [5, 5.41) is 15.8. The molecule has 4 aromatic rings. The van der Waals surface area contributed by atoms with Crippen LogP contribution < -0.4 is 5.32 Å². The third-order valence-corrected chi connectivity index (χ3v) is 5.10. The summed E-state index contributed by atoms with van der Waals surface area (Å²) < 4.78 is 1.78. The van der Waals surface area contributed by atoms with E-state index in [9.17, 15) is 0 Å². The SMILES string of the molecule is CSc1nc(NCc2nc(-c3ccccc3)n[nH]2)n2ncc(C3CC3)c2n1. The molecule has 3 heterocycles. The number of fused-ring (bicyclic) bond motifs is 1. The summed E-state index contributed by atoms with van der Waals surface area (Å²) in [7, 11) is 0. The van der Waals surface area contributed by atoms with Gasteiger partial charge in [0.15, 0.2) is 16.6 Å². The van der Waals surface area contributed by atoms with Crippen molar-refractivity contribution in [3.8, 4) is 11.4 Å². The van der Waals surface area contributed by atoms with Crippen LogP contribution in [0.2, 0.25) is 0 Å². The number of anilines is 1. The highest BCUT2D eigenvalue weighted by Crippen LogP contribution is 2.41. The molecule has 27 heavy (non-hydrogen) atoms. The Labute approximate surface area is 159 Å². The zero-order chi connectivity index (χ0) is 18.2. The van der Waals surface area contributed by atoms with Crippen molar-refractivity contribution in [1.29, 1.82) is 0 Å². The Morgan fingerprint density at radius 1 is 1.19 bits per heavy atom. The normalized spacial score (nSPS) is 14.0. The van der Waals surface area contributed by atoms with Crippen molar-refractivity contribution in [2.75, 3.05) is 11.6 Å². The summed E-state index contributed by atoms with van der Waals surface area (Å²) in [6, 6.07) is 9.90. The molecule has 3 aromatic heterocycles. The van der Waals surface area contributed by atoms with Crippen LogP contribution in [0.1, 0.15) is 30.1 Å².